The molecule has 8 nitrogen and oxygen atoms in total. The van der Waals surface area contributed by atoms with E-state index < -0.39 is 11.9 Å². The highest BCUT2D eigenvalue weighted by molar-refractivity contribution is 6.42. The summed E-state index contributed by atoms with van der Waals surface area (Å²) in [7, 11) is 0. The van der Waals surface area contributed by atoms with Gasteiger partial charge >= 0.3 is 11.9 Å². The molecule has 1 heterocycles. The van der Waals surface area contributed by atoms with E-state index in [1.54, 1.807) is 43.0 Å². The molecule has 0 aliphatic rings. The molecule has 3 aromatic rings. The van der Waals surface area contributed by atoms with Crippen molar-refractivity contribution >= 4 is 52.6 Å². The molecule has 0 aliphatic heterocycles. The van der Waals surface area contributed by atoms with Gasteiger partial charge in [-0.25, -0.2) is 14.3 Å². The van der Waals surface area contributed by atoms with Crippen molar-refractivity contribution < 1.29 is 23.9 Å². The second-order valence-corrected chi connectivity index (χ2v) is 10.6. The third-order valence-electron chi connectivity index (χ3n) is 6.36. The van der Waals surface area contributed by atoms with Crippen molar-refractivity contribution in [1.82, 2.24) is 14.7 Å². The topological polar surface area (TPSA) is 90.7 Å². The second-order valence-electron chi connectivity index (χ2n) is 9.43. The van der Waals surface area contributed by atoms with E-state index in [1.807, 2.05) is 19.9 Å². The Hall–Kier alpha value is -3.07. The normalized spacial score (nSPS) is 10.9. The summed E-state index contributed by atoms with van der Waals surface area (Å²) in [5.74, 6) is -1.56. The molecule has 220 valence electrons. The first-order valence-electron chi connectivity index (χ1n) is 13.6. The first-order valence-corrected chi connectivity index (χ1v) is 14.7. The Kier molecular flexibility index (Phi) is 12.1. The molecule has 1 amide bonds. The molecule has 11 heteroatoms. The fourth-order valence-corrected chi connectivity index (χ4v) is 4.60. The number of ether oxygens (including phenoxy) is 2. The quantitative estimate of drug-likeness (QED) is 0.143. The van der Waals surface area contributed by atoms with Crippen LogP contribution >= 0.6 is 34.8 Å². The summed E-state index contributed by atoms with van der Waals surface area (Å²) in [6.45, 7) is 8.58. The van der Waals surface area contributed by atoms with E-state index >= 15 is 0 Å². The van der Waals surface area contributed by atoms with Crippen LogP contribution in [-0.2, 0) is 16.0 Å². The standard InChI is InChI=1S/C30H34Cl3N3O5/c1-5-8-14-35(18-20-10-12-23(31)24(32)16-20)28(37)27-26(33)19(4)36(34-27)25-13-11-21(29(38)41-15-9-6-2)17-22(25)30(39)40-7-3/h10-13,16-17H,5-9,14-15,18H2,1-4H3. The van der Waals surface area contributed by atoms with Gasteiger partial charge in [-0.15, -0.1) is 0 Å². The third kappa shape index (κ3) is 8.03. The molecule has 0 spiro atoms. The van der Waals surface area contributed by atoms with Crippen LogP contribution in [0.5, 0.6) is 0 Å². The zero-order valence-electron chi connectivity index (χ0n) is 23.6. The molecule has 0 unspecified atom stereocenters. The van der Waals surface area contributed by atoms with Gasteiger partial charge in [-0.1, -0.05) is 67.6 Å². The average Bonchev–Trinajstić information content (AvgIpc) is 3.26. The summed E-state index contributed by atoms with van der Waals surface area (Å²) in [5.41, 5.74) is 1.91. The van der Waals surface area contributed by atoms with Crippen LogP contribution in [0, 0.1) is 6.92 Å². The molecule has 1 aromatic heterocycles. The van der Waals surface area contributed by atoms with Crippen molar-refractivity contribution in [2.24, 2.45) is 0 Å². The summed E-state index contributed by atoms with van der Waals surface area (Å²) in [6.07, 6.45) is 3.26. The van der Waals surface area contributed by atoms with E-state index in [-0.39, 0.29) is 47.5 Å². The lowest BCUT2D eigenvalue weighted by Crippen LogP contribution is -2.32. The number of carbonyl (C=O) groups excluding carboxylic acids is 3. The molecule has 0 saturated carbocycles. The Bertz CT molecular complexity index is 1410. The van der Waals surface area contributed by atoms with Crippen LogP contribution in [0.4, 0.5) is 0 Å². The van der Waals surface area contributed by atoms with E-state index in [2.05, 4.69) is 5.10 Å². The Morgan fingerprint density at radius 3 is 2.29 bits per heavy atom. The molecular weight excluding hydrogens is 589 g/mol. The molecule has 0 aliphatic carbocycles. The zero-order valence-corrected chi connectivity index (χ0v) is 25.9. The van der Waals surface area contributed by atoms with Crippen molar-refractivity contribution in [3.8, 4) is 5.69 Å². The first-order chi connectivity index (χ1) is 19.6. The number of amides is 1. The summed E-state index contributed by atoms with van der Waals surface area (Å²) >= 11 is 18.9. The molecule has 0 radical (unpaired) electrons. The molecule has 0 saturated heterocycles. The minimum absolute atomic E-state index is 0.0400. The predicted molar refractivity (Wildman–Crippen MR) is 161 cm³/mol. The highest BCUT2D eigenvalue weighted by atomic mass is 35.5. The molecule has 0 fully saturated rings. The van der Waals surface area contributed by atoms with E-state index in [0.717, 1.165) is 31.2 Å². The molecular formula is C30H34Cl3N3O5. The summed E-state index contributed by atoms with van der Waals surface area (Å²) in [6, 6.07) is 9.75. The third-order valence-corrected chi connectivity index (χ3v) is 7.55. The number of aromatic nitrogens is 2. The number of rotatable bonds is 13. The lowest BCUT2D eigenvalue weighted by atomic mass is 10.1. The number of halogens is 3. The maximum Gasteiger partial charge on any atom is 0.340 e. The molecule has 0 bridgehead atoms. The van der Waals surface area contributed by atoms with Gasteiger partial charge in [-0.2, -0.15) is 5.10 Å². The maximum absolute atomic E-state index is 13.8. The van der Waals surface area contributed by atoms with Crippen LogP contribution in [0.1, 0.15) is 88.9 Å². The minimum Gasteiger partial charge on any atom is -0.462 e. The zero-order chi connectivity index (χ0) is 30.1. The van der Waals surface area contributed by atoms with E-state index in [4.69, 9.17) is 44.3 Å². The molecule has 41 heavy (non-hydrogen) atoms. The summed E-state index contributed by atoms with van der Waals surface area (Å²) < 4.78 is 12.0. The highest BCUT2D eigenvalue weighted by Crippen LogP contribution is 2.29. The molecule has 3 rings (SSSR count). The van der Waals surface area contributed by atoms with Crippen molar-refractivity contribution in [2.75, 3.05) is 19.8 Å². The van der Waals surface area contributed by atoms with Gasteiger partial charge in [0.2, 0.25) is 0 Å². The van der Waals surface area contributed by atoms with E-state index in [0.29, 0.717) is 28.0 Å². The monoisotopic (exact) mass is 621 g/mol. The van der Waals surface area contributed by atoms with Gasteiger partial charge in [0, 0.05) is 13.1 Å². The summed E-state index contributed by atoms with van der Waals surface area (Å²) in [4.78, 5) is 41.0. The largest absolute Gasteiger partial charge is 0.462 e. The summed E-state index contributed by atoms with van der Waals surface area (Å²) in [5, 5.41) is 5.52. The Balaban J connectivity index is 2.01. The number of hydrogen-bond donors (Lipinski definition) is 0. The van der Waals surface area contributed by atoms with Crippen LogP contribution in [-0.4, -0.2) is 52.3 Å². The van der Waals surface area contributed by atoms with Gasteiger partial charge < -0.3 is 14.4 Å². The second kappa shape index (κ2) is 15.2. The number of nitrogens with zero attached hydrogens (tertiary/aromatic N) is 3. The van der Waals surface area contributed by atoms with Crippen molar-refractivity contribution in [3.05, 3.63) is 79.5 Å². The number of esters is 2. The van der Waals surface area contributed by atoms with E-state index in [1.165, 1.54) is 10.7 Å². The molecule has 2 aromatic carbocycles. The first kappa shape index (κ1) is 32.4. The van der Waals surface area contributed by atoms with Crippen LogP contribution in [0.15, 0.2) is 36.4 Å². The van der Waals surface area contributed by atoms with Crippen LogP contribution < -0.4 is 0 Å². The van der Waals surface area contributed by atoms with Crippen molar-refractivity contribution in [1.29, 1.82) is 0 Å². The highest BCUT2D eigenvalue weighted by Gasteiger charge is 2.27. The maximum atomic E-state index is 13.8. The van der Waals surface area contributed by atoms with Gasteiger partial charge in [0.1, 0.15) is 0 Å². The van der Waals surface area contributed by atoms with Gasteiger partial charge in [0.05, 0.1) is 50.8 Å². The Morgan fingerprint density at radius 2 is 1.63 bits per heavy atom. The minimum atomic E-state index is -0.645. The number of carbonyl (C=O) groups is 3. The van der Waals surface area contributed by atoms with Gasteiger partial charge in [-0.05, 0) is 62.6 Å². The van der Waals surface area contributed by atoms with Crippen LogP contribution in [0.3, 0.4) is 0 Å². The lowest BCUT2D eigenvalue weighted by molar-refractivity contribution is 0.0499. The average molecular weight is 623 g/mol. The predicted octanol–water partition coefficient (Wildman–Crippen LogP) is 7.72. The number of benzene rings is 2. The molecule has 0 N–H and O–H groups in total. The fraction of sp³-hybridized carbons (Fsp3) is 0.400. The van der Waals surface area contributed by atoms with Crippen molar-refractivity contribution in [3.63, 3.8) is 0 Å². The fourth-order valence-electron chi connectivity index (χ4n) is 4.08. The van der Waals surface area contributed by atoms with Crippen LogP contribution in [0.2, 0.25) is 15.1 Å². The SMILES string of the molecule is CCCCOC(=O)c1ccc(-n2nc(C(=O)N(CCCC)Cc3ccc(Cl)c(Cl)c3)c(Cl)c2C)c(C(=O)OCC)c1. The van der Waals surface area contributed by atoms with Gasteiger partial charge in [-0.3, -0.25) is 4.79 Å². The molecule has 0 atom stereocenters. The number of unbranched alkanes of at least 4 members (excludes halogenated alkanes) is 2. The lowest BCUT2D eigenvalue weighted by Gasteiger charge is -2.22. The van der Waals surface area contributed by atoms with E-state index in [9.17, 15) is 14.4 Å². The van der Waals surface area contributed by atoms with Crippen LogP contribution in [0.25, 0.3) is 5.69 Å². The number of hydrogen-bond acceptors (Lipinski definition) is 6. The van der Waals surface area contributed by atoms with Crippen molar-refractivity contribution in [2.45, 2.75) is 59.9 Å². The smallest absolute Gasteiger partial charge is 0.340 e. The Morgan fingerprint density at radius 1 is 0.902 bits per heavy atom. The Labute approximate surface area is 255 Å². The van der Waals surface area contributed by atoms with Gasteiger partial charge in [0.15, 0.2) is 5.69 Å². The van der Waals surface area contributed by atoms with Gasteiger partial charge in [0.25, 0.3) is 5.91 Å².